The fourth-order valence-electron chi connectivity index (χ4n) is 3.03. The average Bonchev–Trinajstić information content (AvgIpc) is 2.81. The number of carboxylic acids is 1. The number of carbonyl (C=O) groups is 2. The van der Waals surface area contributed by atoms with Crippen molar-refractivity contribution in [3.8, 4) is 0 Å². The lowest BCUT2D eigenvalue weighted by Gasteiger charge is -2.39. The van der Waals surface area contributed by atoms with E-state index in [1.165, 1.54) is 0 Å². The fourth-order valence-corrected chi connectivity index (χ4v) is 3.03. The molecule has 2 aliphatic rings. The normalized spacial score (nSPS) is 33.7. The van der Waals surface area contributed by atoms with E-state index >= 15 is 0 Å². The summed E-state index contributed by atoms with van der Waals surface area (Å²) in [5.74, 6) is -1.52. The van der Waals surface area contributed by atoms with Crippen LogP contribution < -0.4 is 0 Å². The second-order valence-corrected chi connectivity index (χ2v) is 5.60. The number of amides is 1. The van der Waals surface area contributed by atoms with Crippen molar-refractivity contribution >= 4 is 11.9 Å². The van der Waals surface area contributed by atoms with Crippen LogP contribution in [0.15, 0.2) is 0 Å². The number of likely N-dealkylation sites (N-methyl/N-ethyl adjacent to an activating group) is 1. The number of rotatable bonds is 2. The number of carboxylic acid groups (broad SMARTS) is 1. The van der Waals surface area contributed by atoms with Gasteiger partial charge in [0, 0.05) is 25.7 Å². The van der Waals surface area contributed by atoms with Gasteiger partial charge in [-0.15, -0.1) is 0 Å². The highest BCUT2D eigenvalue weighted by atomic mass is 16.4. The van der Waals surface area contributed by atoms with Crippen molar-refractivity contribution in [1.82, 2.24) is 9.80 Å². The Hall–Kier alpha value is -1.10. The first-order valence-electron chi connectivity index (χ1n) is 6.72. The lowest BCUT2D eigenvalue weighted by Crippen LogP contribution is -2.53. The van der Waals surface area contributed by atoms with Crippen molar-refractivity contribution in [2.75, 3.05) is 26.7 Å². The quantitative estimate of drug-likeness (QED) is 0.786. The summed E-state index contributed by atoms with van der Waals surface area (Å²) in [6.45, 7) is 4.42. The molecule has 1 saturated carbocycles. The van der Waals surface area contributed by atoms with E-state index in [9.17, 15) is 9.59 Å². The minimum atomic E-state index is -0.812. The molecule has 0 spiro atoms. The summed E-state index contributed by atoms with van der Waals surface area (Å²) in [6, 6.07) is 0.354. The van der Waals surface area contributed by atoms with Gasteiger partial charge >= 0.3 is 5.97 Å². The van der Waals surface area contributed by atoms with E-state index in [0.29, 0.717) is 12.5 Å². The summed E-state index contributed by atoms with van der Waals surface area (Å²) in [4.78, 5) is 27.6. The Morgan fingerprint density at radius 3 is 2.44 bits per heavy atom. The number of piperazine rings is 1. The zero-order valence-corrected chi connectivity index (χ0v) is 11.1. The van der Waals surface area contributed by atoms with Crippen molar-refractivity contribution in [2.45, 2.75) is 32.2 Å². The Morgan fingerprint density at radius 1 is 1.17 bits per heavy atom. The molecule has 0 aromatic rings. The zero-order valence-electron chi connectivity index (χ0n) is 11.1. The molecule has 0 aromatic heterocycles. The Bertz CT molecular complexity index is 345. The van der Waals surface area contributed by atoms with Gasteiger partial charge < -0.3 is 14.9 Å². The van der Waals surface area contributed by atoms with E-state index in [0.717, 1.165) is 32.5 Å². The predicted octanol–water partition coefficient (Wildman–Crippen LogP) is 0.650. The monoisotopic (exact) mass is 254 g/mol. The Labute approximate surface area is 108 Å². The minimum absolute atomic E-state index is 0.0554. The molecule has 5 nitrogen and oxygen atoms in total. The van der Waals surface area contributed by atoms with Crippen molar-refractivity contribution in [3.05, 3.63) is 0 Å². The second kappa shape index (κ2) is 5.26. The molecule has 0 radical (unpaired) electrons. The summed E-state index contributed by atoms with van der Waals surface area (Å²) in [6.07, 6.45) is 2.24. The fraction of sp³-hybridized carbons (Fsp3) is 0.846. The molecule has 0 bridgehead atoms. The SMILES string of the molecule is CC1CN(C(=O)[C@@H]2CCC[C@@H]2C(=O)O)CCN1C. The van der Waals surface area contributed by atoms with Crippen molar-refractivity contribution < 1.29 is 14.7 Å². The zero-order chi connectivity index (χ0) is 13.3. The standard InChI is InChI=1S/C13H22N2O3/c1-9-8-15(7-6-14(9)2)12(16)10-4-3-5-11(10)13(17)18/h9-11H,3-8H2,1-2H3,(H,17,18)/t9?,10-,11+/m1/s1. The molecule has 2 fully saturated rings. The van der Waals surface area contributed by atoms with Crippen LogP contribution in [0.5, 0.6) is 0 Å². The van der Waals surface area contributed by atoms with Crippen LogP contribution in [0.1, 0.15) is 26.2 Å². The van der Waals surface area contributed by atoms with Gasteiger partial charge in [0.15, 0.2) is 0 Å². The highest BCUT2D eigenvalue weighted by Gasteiger charge is 2.40. The Morgan fingerprint density at radius 2 is 1.83 bits per heavy atom. The molecule has 1 N–H and O–H groups in total. The molecule has 3 atom stereocenters. The van der Waals surface area contributed by atoms with Crippen LogP contribution in [0.4, 0.5) is 0 Å². The molecule has 1 saturated heterocycles. The van der Waals surface area contributed by atoms with Crippen molar-refractivity contribution in [2.24, 2.45) is 11.8 Å². The van der Waals surface area contributed by atoms with Gasteiger partial charge in [-0.05, 0) is 26.8 Å². The summed E-state index contributed by atoms with van der Waals surface area (Å²) in [7, 11) is 2.06. The largest absolute Gasteiger partial charge is 0.481 e. The van der Waals surface area contributed by atoms with Crippen molar-refractivity contribution in [3.63, 3.8) is 0 Å². The Kier molecular flexibility index (Phi) is 3.90. The first-order valence-corrected chi connectivity index (χ1v) is 6.72. The first-order chi connectivity index (χ1) is 8.50. The maximum Gasteiger partial charge on any atom is 0.307 e. The van der Waals surface area contributed by atoms with E-state index in [-0.39, 0.29) is 11.8 Å². The van der Waals surface area contributed by atoms with Crippen LogP contribution in [-0.2, 0) is 9.59 Å². The molecule has 102 valence electrons. The average molecular weight is 254 g/mol. The maximum atomic E-state index is 12.4. The van der Waals surface area contributed by atoms with Gasteiger partial charge in [-0.3, -0.25) is 9.59 Å². The van der Waals surface area contributed by atoms with Crippen molar-refractivity contribution in [1.29, 1.82) is 0 Å². The van der Waals surface area contributed by atoms with Gasteiger partial charge in [0.05, 0.1) is 11.8 Å². The van der Waals surface area contributed by atoms with Gasteiger partial charge in [-0.25, -0.2) is 0 Å². The predicted molar refractivity (Wildman–Crippen MR) is 67.1 cm³/mol. The second-order valence-electron chi connectivity index (χ2n) is 5.60. The van der Waals surface area contributed by atoms with Gasteiger partial charge in [-0.1, -0.05) is 6.42 Å². The molecule has 5 heteroatoms. The first kappa shape index (κ1) is 13.3. The lowest BCUT2D eigenvalue weighted by molar-refractivity contribution is -0.150. The van der Waals surface area contributed by atoms with E-state index in [1.807, 2.05) is 4.90 Å². The minimum Gasteiger partial charge on any atom is -0.481 e. The molecule has 1 aliphatic carbocycles. The van der Waals surface area contributed by atoms with Gasteiger partial charge in [0.2, 0.25) is 5.91 Å². The van der Waals surface area contributed by atoms with E-state index < -0.39 is 11.9 Å². The molecular weight excluding hydrogens is 232 g/mol. The number of hydrogen-bond donors (Lipinski definition) is 1. The molecule has 1 heterocycles. The topological polar surface area (TPSA) is 60.9 Å². The molecular formula is C13H22N2O3. The molecule has 1 aliphatic heterocycles. The molecule has 1 amide bonds. The highest BCUT2D eigenvalue weighted by Crippen LogP contribution is 2.33. The van der Waals surface area contributed by atoms with Gasteiger partial charge in [0.1, 0.15) is 0 Å². The number of hydrogen-bond acceptors (Lipinski definition) is 3. The third kappa shape index (κ3) is 2.51. The van der Waals surface area contributed by atoms with Gasteiger partial charge in [-0.2, -0.15) is 0 Å². The molecule has 18 heavy (non-hydrogen) atoms. The van der Waals surface area contributed by atoms with Crippen LogP contribution in [0.3, 0.4) is 0 Å². The number of aliphatic carboxylic acids is 1. The molecule has 1 unspecified atom stereocenters. The molecule has 0 aromatic carbocycles. The van der Waals surface area contributed by atoms with E-state index in [2.05, 4.69) is 18.9 Å². The van der Waals surface area contributed by atoms with E-state index in [1.54, 1.807) is 0 Å². The molecule has 2 rings (SSSR count). The Balaban J connectivity index is 2.01. The number of nitrogens with zero attached hydrogens (tertiary/aromatic N) is 2. The highest BCUT2D eigenvalue weighted by molar-refractivity contribution is 5.85. The van der Waals surface area contributed by atoms with Crippen LogP contribution in [-0.4, -0.2) is 59.5 Å². The third-order valence-electron chi connectivity index (χ3n) is 4.42. The van der Waals surface area contributed by atoms with Crippen LogP contribution in [0.2, 0.25) is 0 Å². The smallest absolute Gasteiger partial charge is 0.307 e. The van der Waals surface area contributed by atoms with Crippen LogP contribution in [0, 0.1) is 11.8 Å². The van der Waals surface area contributed by atoms with Crippen LogP contribution >= 0.6 is 0 Å². The summed E-state index contributed by atoms with van der Waals surface area (Å²) >= 11 is 0. The lowest BCUT2D eigenvalue weighted by atomic mass is 9.94. The third-order valence-corrected chi connectivity index (χ3v) is 4.42. The maximum absolute atomic E-state index is 12.4. The summed E-state index contributed by atoms with van der Waals surface area (Å²) < 4.78 is 0. The van der Waals surface area contributed by atoms with E-state index in [4.69, 9.17) is 5.11 Å². The summed E-state index contributed by atoms with van der Waals surface area (Å²) in [5.41, 5.74) is 0. The van der Waals surface area contributed by atoms with Crippen LogP contribution in [0.25, 0.3) is 0 Å². The number of carbonyl (C=O) groups excluding carboxylic acids is 1. The summed E-state index contributed by atoms with van der Waals surface area (Å²) in [5, 5.41) is 9.15. The van der Waals surface area contributed by atoms with Gasteiger partial charge in [0.25, 0.3) is 0 Å².